The predicted octanol–water partition coefficient (Wildman–Crippen LogP) is 1.81. The Morgan fingerprint density at radius 2 is 2.40 bits per heavy atom. The van der Waals surface area contributed by atoms with Gasteiger partial charge in [0.2, 0.25) is 5.89 Å². The lowest BCUT2D eigenvalue weighted by Crippen LogP contribution is -2.36. The fourth-order valence-electron chi connectivity index (χ4n) is 1.92. The molecule has 0 aromatic carbocycles. The van der Waals surface area contributed by atoms with Gasteiger partial charge in [-0.2, -0.15) is 0 Å². The molecule has 4 heteroatoms. The molecule has 1 aliphatic heterocycles. The van der Waals surface area contributed by atoms with Gasteiger partial charge in [0.05, 0.1) is 18.3 Å². The standard InChI is InChI=1S/C11H18N2O2/c1-7-6-12-11(15-7)8(2)13-10-4-5-14-9(10)3/h6,8-10,13H,4-5H2,1-3H3. The van der Waals surface area contributed by atoms with Crippen molar-refractivity contribution in [2.75, 3.05) is 6.61 Å². The summed E-state index contributed by atoms with van der Waals surface area (Å²) in [6.07, 6.45) is 3.09. The molecule has 0 amide bonds. The van der Waals surface area contributed by atoms with Crippen LogP contribution in [0.15, 0.2) is 10.6 Å². The molecule has 0 bridgehead atoms. The van der Waals surface area contributed by atoms with Crippen molar-refractivity contribution < 1.29 is 9.15 Å². The minimum atomic E-state index is 0.146. The number of ether oxygens (including phenoxy) is 1. The quantitative estimate of drug-likeness (QED) is 0.826. The Kier molecular flexibility index (Phi) is 3.07. The lowest BCUT2D eigenvalue weighted by atomic mass is 10.1. The van der Waals surface area contributed by atoms with Gasteiger partial charge in [0.25, 0.3) is 0 Å². The first-order valence-corrected chi connectivity index (χ1v) is 5.47. The second-order valence-electron chi connectivity index (χ2n) is 4.17. The van der Waals surface area contributed by atoms with Crippen LogP contribution in [0, 0.1) is 6.92 Å². The summed E-state index contributed by atoms with van der Waals surface area (Å²) in [6, 6.07) is 0.556. The van der Waals surface area contributed by atoms with Gasteiger partial charge in [0.1, 0.15) is 5.76 Å². The van der Waals surface area contributed by atoms with E-state index in [0.29, 0.717) is 6.04 Å². The molecule has 0 saturated carbocycles. The van der Waals surface area contributed by atoms with Crippen LogP contribution < -0.4 is 5.32 Å². The Balaban J connectivity index is 1.94. The maximum Gasteiger partial charge on any atom is 0.211 e. The van der Waals surface area contributed by atoms with Gasteiger partial charge in [0.15, 0.2) is 0 Å². The van der Waals surface area contributed by atoms with Gasteiger partial charge in [0, 0.05) is 12.6 Å². The molecule has 0 spiro atoms. The van der Waals surface area contributed by atoms with E-state index in [0.717, 1.165) is 24.7 Å². The highest BCUT2D eigenvalue weighted by atomic mass is 16.5. The predicted molar refractivity (Wildman–Crippen MR) is 56.6 cm³/mol. The summed E-state index contributed by atoms with van der Waals surface area (Å²) in [5.74, 6) is 1.61. The molecule has 84 valence electrons. The molecule has 1 fully saturated rings. The van der Waals surface area contributed by atoms with Crippen LogP contribution in [0.5, 0.6) is 0 Å². The van der Waals surface area contributed by atoms with Crippen molar-refractivity contribution in [3.8, 4) is 0 Å². The van der Waals surface area contributed by atoms with Crippen LogP contribution in [-0.4, -0.2) is 23.7 Å². The van der Waals surface area contributed by atoms with E-state index in [-0.39, 0.29) is 12.1 Å². The van der Waals surface area contributed by atoms with Gasteiger partial charge in [-0.25, -0.2) is 4.98 Å². The molecule has 15 heavy (non-hydrogen) atoms. The van der Waals surface area contributed by atoms with Crippen LogP contribution >= 0.6 is 0 Å². The van der Waals surface area contributed by atoms with E-state index >= 15 is 0 Å². The number of nitrogens with zero attached hydrogens (tertiary/aromatic N) is 1. The van der Waals surface area contributed by atoms with Gasteiger partial charge in [-0.15, -0.1) is 0 Å². The molecule has 1 aliphatic rings. The number of hydrogen-bond donors (Lipinski definition) is 1. The van der Waals surface area contributed by atoms with Gasteiger partial charge in [-0.05, 0) is 27.2 Å². The van der Waals surface area contributed by atoms with Crippen molar-refractivity contribution in [2.24, 2.45) is 0 Å². The van der Waals surface area contributed by atoms with Crippen molar-refractivity contribution in [1.29, 1.82) is 0 Å². The molecule has 4 nitrogen and oxygen atoms in total. The van der Waals surface area contributed by atoms with E-state index in [9.17, 15) is 0 Å². The summed E-state index contributed by atoms with van der Waals surface area (Å²) in [4.78, 5) is 4.21. The number of hydrogen-bond acceptors (Lipinski definition) is 4. The van der Waals surface area contributed by atoms with E-state index in [4.69, 9.17) is 9.15 Å². The minimum Gasteiger partial charge on any atom is -0.444 e. The van der Waals surface area contributed by atoms with Crippen LogP contribution in [0.2, 0.25) is 0 Å². The number of nitrogens with one attached hydrogen (secondary N) is 1. The number of aryl methyl sites for hydroxylation is 1. The van der Waals surface area contributed by atoms with Gasteiger partial charge >= 0.3 is 0 Å². The van der Waals surface area contributed by atoms with E-state index in [1.807, 2.05) is 6.92 Å². The van der Waals surface area contributed by atoms with E-state index in [2.05, 4.69) is 24.1 Å². The fourth-order valence-corrected chi connectivity index (χ4v) is 1.92. The van der Waals surface area contributed by atoms with Gasteiger partial charge in [-0.1, -0.05) is 0 Å². The van der Waals surface area contributed by atoms with Crippen molar-refractivity contribution >= 4 is 0 Å². The third-order valence-corrected chi connectivity index (χ3v) is 2.85. The summed E-state index contributed by atoms with van der Waals surface area (Å²) in [7, 11) is 0. The Morgan fingerprint density at radius 3 is 2.93 bits per heavy atom. The molecule has 1 N–H and O–H groups in total. The Bertz CT molecular complexity index is 324. The summed E-state index contributed by atoms with van der Waals surface area (Å²) < 4.78 is 11.0. The number of oxazole rings is 1. The molecule has 3 atom stereocenters. The smallest absolute Gasteiger partial charge is 0.211 e. The van der Waals surface area contributed by atoms with Crippen LogP contribution in [-0.2, 0) is 4.74 Å². The van der Waals surface area contributed by atoms with Crippen LogP contribution in [0.1, 0.15) is 38.0 Å². The average Bonchev–Trinajstić information content (AvgIpc) is 2.77. The lowest BCUT2D eigenvalue weighted by molar-refractivity contribution is 0.110. The van der Waals surface area contributed by atoms with Crippen molar-refractivity contribution in [3.05, 3.63) is 17.8 Å². The summed E-state index contributed by atoms with van der Waals surface area (Å²) in [5.41, 5.74) is 0. The molecule has 0 aliphatic carbocycles. The zero-order valence-electron chi connectivity index (χ0n) is 9.49. The van der Waals surface area contributed by atoms with Crippen LogP contribution in [0.3, 0.4) is 0 Å². The van der Waals surface area contributed by atoms with Crippen molar-refractivity contribution in [1.82, 2.24) is 10.3 Å². The summed E-state index contributed by atoms with van der Waals surface area (Å²) in [5, 5.41) is 3.48. The first-order chi connectivity index (χ1) is 7.16. The Morgan fingerprint density at radius 1 is 1.60 bits per heavy atom. The fraction of sp³-hybridized carbons (Fsp3) is 0.727. The van der Waals surface area contributed by atoms with E-state index in [1.165, 1.54) is 0 Å². The molecule has 1 aromatic rings. The highest BCUT2D eigenvalue weighted by Crippen LogP contribution is 2.18. The maximum absolute atomic E-state index is 5.49. The molecule has 1 aromatic heterocycles. The molecule has 0 radical (unpaired) electrons. The molecule has 1 saturated heterocycles. The second-order valence-corrected chi connectivity index (χ2v) is 4.17. The van der Waals surface area contributed by atoms with Gasteiger partial charge < -0.3 is 14.5 Å². The Hall–Kier alpha value is -0.870. The Labute approximate surface area is 90.0 Å². The number of aromatic nitrogens is 1. The topological polar surface area (TPSA) is 47.3 Å². The van der Waals surface area contributed by atoms with Crippen molar-refractivity contribution in [2.45, 2.75) is 45.4 Å². The third-order valence-electron chi connectivity index (χ3n) is 2.85. The van der Waals surface area contributed by atoms with Crippen molar-refractivity contribution in [3.63, 3.8) is 0 Å². The highest BCUT2D eigenvalue weighted by molar-refractivity contribution is 4.96. The first-order valence-electron chi connectivity index (χ1n) is 5.47. The normalized spacial score (nSPS) is 28.2. The minimum absolute atomic E-state index is 0.146. The molecular formula is C11H18N2O2. The molecule has 2 heterocycles. The van der Waals surface area contributed by atoms with E-state index in [1.54, 1.807) is 6.20 Å². The zero-order chi connectivity index (χ0) is 10.8. The first kappa shape index (κ1) is 10.6. The summed E-state index contributed by atoms with van der Waals surface area (Å²) in [6.45, 7) is 6.91. The monoisotopic (exact) mass is 210 g/mol. The zero-order valence-corrected chi connectivity index (χ0v) is 9.49. The molecule has 3 unspecified atom stereocenters. The molecule has 2 rings (SSSR count). The van der Waals surface area contributed by atoms with Crippen LogP contribution in [0.4, 0.5) is 0 Å². The maximum atomic E-state index is 5.49. The number of rotatable bonds is 3. The SMILES string of the molecule is Cc1cnc(C(C)NC2CCOC2C)o1. The summed E-state index contributed by atoms with van der Waals surface area (Å²) >= 11 is 0. The molecular weight excluding hydrogens is 192 g/mol. The third kappa shape index (κ3) is 2.38. The second kappa shape index (κ2) is 4.33. The van der Waals surface area contributed by atoms with E-state index < -0.39 is 0 Å². The van der Waals surface area contributed by atoms with Crippen LogP contribution in [0.25, 0.3) is 0 Å². The lowest BCUT2D eigenvalue weighted by Gasteiger charge is -2.19. The highest BCUT2D eigenvalue weighted by Gasteiger charge is 2.26. The largest absolute Gasteiger partial charge is 0.444 e. The van der Waals surface area contributed by atoms with Gasteiger partial charge in [-0.3, -0.25) is 0 Å². The average molecular weight is 210 g/mol.